The lowest BCUT2D eigenvalue weighted by molar-refractivity contribution is -0.113. The third-order valence-electron chi connectivity index (χ3n) is 4.35. The molecule has 0 aliphatic carbocycles. The lowest BCUT2D eigenvalue weighted by Crippen LogP contribution is -2.31. The Kier molecular flexibility index (Phi) is 5.20. The van der Waals surface area contributed by atoms with Gasteiger partial charge in [-0.1, -0.05) is 53.7 Å². The van der Waals surface area contributed by atoms with Crippen molar-refractivity contribution < 1.29 is 13.2 Å². The average Bonchev–Trinajstić information content (AvgIpc) is 2.72. The molecule has 0 unspecified atom stereocenters. The van der Waals surface area contributed by atoms with Crippen molar-refractivity contribution >= 4 is 50.7 Å². The third-order valence-corrected chi connectivity index (χ3v) is 7.31. The molecule has 2 aromatic carbocycles. The molecular weight excluding hydrogens is 432 g/mol. The van der Waals surface area contributed by atoms with E-state index in [4.69, 9.17) is 11.6 Å². The standard InChI is InChI=1S/C19H15ClN4O3S2/c1-24-15-9-5-2-6-12(15)18-16(29(24,26)27)10-21-19(23-18)28-11-17(25)22-14-8-4-3-7-13(14)20/h2-10H,11H2,1H3,(H,22,25). The van der Waals surface area contributed by atoms with Crippen LogP contribution in [0.3, 0.4) is 0 Å². The first-order valence-electron chi connectivity index (χ1n) is 8.50. The third kappa shape index (κ3) is 3.68. The Labute approximate surface area is 177 Å². The fourth-order valence-corrected chi connectivity index (χ4v) is 5.01. The van der Waals surface area contributed by atoms with Crippen LogP contribution in [0.1, 0.15) is 0 Å². The van der Waals surface area contributed by atoms with Gasteiger partial charge in [-0.15, -0.1) is 0 Å². The summed E-state index contributed by atoms with van der Waals surface area (Å²) in [5, 5.41) is 3.49. The number of nitrogens with zero attached hydrogens (tertiary/aromatic N) is 3. The van der Waals surface area contributed by atoms with Crippen LogP contribution < -0.4 is 9.62 Å². The molecule has 7 nitrogen and oxygen atoms in total. The maximum atomic E-state index is 12.7. The number of hydrogen-bond acceptors (Lipinski definition) is 6. The topological polar surface area (TPSA) is 92.3 Å². The Balaban J connectivity index is 1.58. The number of para-hydroxylation sites is 2. The number of amides is 1. The first-order chi connectivity index (χ1) is 13.9. The van der Waals surface area contributed by atoms with E-state index >= 15 is 0 Å². The van der Waals surface area contributed by atoms with Gasteiger partial charge in [-0.05, 0) is 18.2 Å². The molecule has 29 heavy (non-hydrogen) atoms. The molecule has 0 atom stereocenters. The molecule has 0 fully saturated rings. The first-order valence-corrected chi connectivity index (χ1v) is 11.3. The van der Waals surface area contributed by atoms with E-state index in [0.29, 0.717) is 32.8 Å². The fourth-order valence-electron chi connectivity index (χ4n) is 2.91. The van der Waals surface area contributed by atoms with Crippen LogP contribution in [0.5, 0.6) is 0 Å². The number of rotatable bonds is 4. The maximum Gasteiger partial charge on any atom is 0.267 e. The Morgan fingerprint density at radius 2 is 1.90 bits per heavy atom. The van der Waals surface area contributed by atoms with E-state index in [9.17, 15) is 13.2 Å². The number of halogens is 1. The number of nitrogens with one attached hydrogen (secondary N) is 1. The Bertz CT molecular complexity index is 1220. The van der Waals surface area contributed by atoms with Gasteiger partial charge in [-0.25, -0.2) is 18.4 Å². The lowest BCUT2D eigenvalue weighted by Gasteiger charge is -2.28. The van der Waals surface area contributed by atoms with E-state index in [1.165, 1.54) is 17.5 Å². The molecule has 0 saturated heterocycles. The number of carbonyl (C=O) groups is 1. The second-order valence-electron chi connectivity index (χ2n) is 6.17. The van der Waals surface area contributed by atoms with Gasteiger partial charge in [0.15, 0.2) is 5.16 Å². The van der Waals surface area contributed by atoms with Gasteiger partial charge in [0.1, 0.15) is 4.90 Å². The van der Waals surface area contributed by atoms with Crippen LogP contribution in [0, 0.1) is 0 Å². The zero-order chi connectivity index (χ0) is 20.6. The SMILES string of the molecule is CN1c2ccccc2-c2nc(SCC(=O)Nc3ccccc3Cl)ncc2S1(=O)=O. The number of sulfonamides is 1. The summed E-state index contributed by atoms with van der Waals surface area (Å²) in [7, 11) is -2.22. The lowest BCUT2D eigenvalue weighted by atomic mass is 10.1. The van der Waals surface area contributed by atoms with Crippen molar-refractivity contribution in [3.63, 3.8) is 0 Å². The van der Waals surface area contributed by atoms with Gasteiger partial charge in [-0.2, -0.15) is 0 Å². The number of hydrogen-bond donors (Lipinski definition) is 1. The van der Waals surface area contributed by atoms with Gasteiger partial charge in [0.2, 0.25) is 5.91 Å². The summed E-state index contributed by atoms with van der Waals surface area (Å²) in [6.45, 7) is 0. The summed E-state index contributed by atoms with van der Waals surface area (Å²) in [5.74, 6) is -0.213. The molecule has 148 valence electrons. The number of benzene rings is 2. The van der Waals surface area contributed by atoms with Gasteiger partial charge in [-0.3, -0.25) is 9.10 Å². The summed E-state index contributed by atoms with van der Waals surface area (Å²) in [6.07, 6.45) is 1.29. The van der Waals surface area contributed by atoms with Gasteiger partial charge in [0.25, 0.3) is 10.0 Å². The fraction of sp³-hybridized carbons (Fsp3) is 0.105. The highest BCUT2D eigenvalue weighted by molar-refractivity contribution is 7.99. The summed E-state index contributed by atoms with van der Waals surface area (Å²) >= 11 is 7.16. The summed E-state index contributed by atoms with van der Waals surface area (Å²) in [4.78, 5) is 20.8. The Hall–Kier alpha value is -2.62. The van der Waals surface area contributed by atoms with Crippen molar-refractivity contribution in [2.24, 2.45) is 0 Å². The Morgan fingerprint density at radius 3 is 2.69 bits per heavy atom. The van der Waals surface area contributed by atoms with E-state index in [0.717, 1.165) is 11.8 Å². The predicted molar refractivity (Wildman–Crippen MR) is 114 cm³/mol. The second kappa shape index (κ2) is 7.66. The number of aromatic nitrogens is 2. The smallest absolute Gasteiger partial charge is 0.267 e. The molecule has 0 bridgehead atoms. The van der Waals surface area contributed by atoms with Crippen molar-refractivity contribution in [1.29, 1.82) is 0 Å². The molecule has 10 heteroatoms. The van der Waals surface area contributed by atoms with E-state index in [1.54, 1.807) is 36.4 Å². The van der Waals surface area contributed by atoms with E-state index in [-0.39, 0.29) is 16.6 Å². The summed E-state index contributed by atoms with van der Waals surface area (Å²) in [5.41, 5.74) is 2.10. The minimum absolute atomic E-state index is 0.0450. The van der Waals surface area contributed by atoms with E-state index in [1.807, 2.05) is 12.1 Å². The van der Waals surface area contributed by atoms with Crippen LogP contribution in [0.4, 0.5) is 11.4 Å². The zero-order valence-electron chi connectivity index (χ0n) is 15.2. The zero-order valence-corrected chi connectivity index (χ0v) is 17.6. The van der Waals surface area contributed by atoms with E-state index < -0.39 is 10.0 Å². The number of carbonyl (C=O) groups excluding carboxylic acids is 1. The monoisotopic (exact) mass is 446 g/mol. The molecule has 1 N–H and O–H groups in total. The van der Waals surface area contributed by atoms with Crippen molar-refractivity contribution in [1.82, 2.24) is 9.97 Å². The first kappa shape index (κ1) is 19.7. The van der Waals surface area contributed by atoms with Gasteiger partial charge < -0.3 is 5.32 Å². The largest absolute Gasteiger partial charge is 0.324 e. The Morgan fingerprint density at radius 1 is 1.17 bits per heavy atom. The van der Waals surface area contributed by atoms with Gasteiger partial charge in [0, 0.05) is 12.6 Å². The normalized spacial score (nSPS) is 14.1. The molecule has 1 aliphatic rings. The molecule has 1 amide bonds. The van der Waals surface area contributed by atoms with Crippen LogP contribution in [-0.4, -0.2) is 37.1 Å². The van der Waals surface area contributed by atoms with Gasteiger partial charge >= 0.3 is 0 Å². The van der Waals surface area contributed by atoms with Crippen LogP contribution in [-0.2, 0) is 14.8 Å². The maximum absolute atomic E-state index is 12.7. The van der Waals surface area contributed by atoms with Crippen LogP contribution in [0.2, 0.25) is 5.02 Å². The number of anilines is 2. The highest BCUT2D eigenvalue weighted by Crippen LogP contribution is 2.41. The van der Waals surface area contributed by atoms with Crippen LogP contribution in [0.15, 0.2) is 64.8 Å². The molecule has 2 heterocycles. The van der Waals surface area contributed by atoms with Crippen molar-refractivity contribution in [3.05, 3.63) is 59.8 Å². The average molecular weight is 447 g/mol. The van der Waals surface area contributed by atoms with Crippen molar-refractivity contribution in [2.75, 3.05) is 22.4 Å². The molecule has 1 aliphatic heterocycles. The van der Waals surface area contributed by atoms with E-state index in [2.05, 4.69) is 15.3 Å². The minimum Gasteiger partial charge on any atom is -0.324 e. The minimum atomic E-state index is -3.72. The molecule has 1 aromatic heterocycles. The molecule has 0 saturated carbocycles. The van der Waals surface area contributed by atoms with Gasteiger partial charge in [0.05, 0.1) is 34.0 Å². The highest BCUT2D eigenvalue weighted by atomic mass is 35.5. The van der Waals surface area contributed by atoms with Crippen molar-refractivity contribution in [3.8, 4) is 11.3 Å². The predicted octanol–water partition coefficient (Wildman–Crippen LogP) is 3.67. The second-order valence-corrected chi connectivity index (χ2v) is 9.46. The molecule has 0 radical (unpaired) electrons. The van der Waals surface area contributed by atoms with Crippen LogP contribution >= 0.6 is 23.4 Å². The summed E-state index contributed by atoms with van der Waals surface area (Å²) in [6, 6.07) is 14.1. The quantitative estimate of drug-likeness (QED) is 0.485. The number of thioether (sulfide) groups is 1. The molecule has 0 spiro atoms. The number of fused-ring (bicyclic) bond motifs is 3. The molecular formula is C19H15ClN4O3S2. The highest BCUT2D eigenvalue weighted by Gasteiger charge is 2.34. The van der Waals surface area contributed by atoms with Crippen LogP contribution in [0.25, 0.3) is 11.3 Å². The molecule has 3 aromatic rings. The molecule has 4 rings (SSSR count). The summed E-state index contributed by atoms with van der Waals surface area (Å²) < 4.78 is 26.7. The van der Waals surface area contributed by atoms with Crippen molar-refractivity contribution in [2.45, 2.75) is 10.1 Å².